The molecule has 0 fully saturated rings. The van der Waals surface area contributed by atoms with E-state index in [2.05, 4.69) is 24.5 Å². The second-order valence-electron chi connectivity index (χ2n) is 5.53. The molecule has 0 radical (unpaired) electrons. The normalized spacial score (nSPS) is 15.1. The molecule has 0 bridgehead atoms. The van der Waals surface area contributed by atoms with Gasteiger partial charge in [0.25, 0.3) is 0 Å². The third-order valence-corrected chi connectivity index (χ3v) is 3.30. The summed E-state index contributed by atoms with van der Waals surface area (Å²) in [4.78, 5) is 22.3. The van der Waals surface area contributed by atoms with Crippen LogP contribution < -0.4 is 10.6 Å². The van der Waals surface area contributed by atoms with Crippen LogP contribution in [-0.4, -0.2) is 40.9 Å². The third kappa shape index (κ3) is 5.35. The molecule has 0 spiro atoms. The largest absolute Gasteiger partial charge is 0.480 e. The van der Waals surface area contributed by atoms with Gasteiger partial charge in [0.05, 0.1) is 6.10 Å². The van der Waals surface area contributed by atoms with Crippen LogP contribution >= 0.6 is 0 Å². The lowest BCUT2D eigenvalue weighted by atomic mass is 9.81. The number of urea groups is 1. The Hall–Kier alpha value is -1.30. The van der Waals surface area contributed by atoms with Crippen LogP contribution in [-0.2, 0) is 4.79 Å². The third-order valence-electron chi connectivity index (χ3n) is 3.30. The van der Waals surface area contributed by atoms with E-state index in [1.54, 1.807) is 0 Å². The van der Waals surface area contributed by atoms with E-state index in [9.17, 15) is 14.7 Å². The molecule has 0 aliphatic heterocycles. The van der Waals surface area contributed by atoms with Crippen LogP contribution in [0.5, 0.6) is 0 Å². The standard InChI is InChI=1S/C12H24N2O4/c1-7(2)12(4,5)6-13-11(18)14-9(8(3)15)10(16)17/h7-9,15H,6H2,1-5H3,(H,16,17)(H2,13,14,18). The van der Waals surface area contributed by atoms with Gasteiger partial charge in [-0.1, -0.05) is 27.7 Å². The number of carboxylic acids is 1. The minimum Gasteiger partial charge on any atom is -0.480 e. The molecular formula is C12H24N2O4. The number of amides is 2. The van der Waals surface area contributed by atoms with Crippen molar-refractivity contribution in [1.82, 2.24) is 10.6 Å². The summed E-state index contributed by atoms with van der Waals surface area (Å²) in [6.45, 7) is 9.88. The maximum atomic E-state index is 11.5. The maximum absolute atomic E-state index is 11.5. The molecule has 0 aromatic carbocycles. The molecule has 4 N–H and O–H groups in total. The van der Waals surface area contributed by atoms with Crippen LogP contribution in [0.25, 0.3) is 0 Å². The Morgan fingerprint density at radius 1 is 1.22 bits per heavy atom. The molecule has 0 rings (SSSR count). The summed E-state index contributed by atoms with van der Waals surface area (Å²) in [5.41, 5.74) is -0.0824. The van der Waals surface area contributed by atoms with Crippen molar-refractivity contribution in [2.24, 2.45) is 11.3 Å². The van der Waals surface area contributed by atoms with Gasteiger partial charge in [0, 0.05) is 6.54 Å². The van der Waals surface area contributed by atoms with Crippen LogP contribution in [0.15, 0.2) is 0 Å². The summed E-state index contributed by atoms with van der Waals surface area (Å²) >= 11 is 0. The average molecular weight is 260 g/mol. The summed E-state index contributed by atoms with van der Waals surface area (Å²) < 4.78 is 0. The molecule has 6 nitrogen and oxygen atoms in total. The van der Waals surface area contributed by atoms with Crippen molar-refractivity contribution >= 4 is 12.0 Å². The van der Waals surface area contributed by atoms with Gasteiger partial charge in [-0.3, -0.25) is 0 Å². The topological polar surface area (TPSA) is 98.7 Å². The first-order valence-corrected chi connectivity index (χ1v) is 6.03. The molecule has 0 aromatic rings. The van der Waals surface area contributed by atoms with Gasteiger partial charge in [-0.15, -0.1) is 0 Å². The number of aliphatic hydroxyl groups is 1. The second-order valence-corrected chi connectivity index (χ2v) is 5.53. The molecular weight excluding hydrogens is 236 g/mol. The van der Waals surface area contributed by atoms with Gasteiger partial charge < -0.3 is 20.8 Å². The molecule has 18 heavy (non-hydrogen) atoms. The average Bonchev–Trinajstić information content (AvgIpc) is 2.22. The number of rotatable bonds is 6. The molecule has 0 aliphatic carbocycles. The number of aliphatic hydroxyl groups excluding tert-OH is 1. The quantitative estimate of drug-likeness (QED) is 0.567. The summed E-state index contributed by atoms with van der Waals surface area (Å²) in [7, 11) is 0. The predicted molar refractivity (Wildman–Crippen MR) is 68.3 cm³/mol. The Labute approximate surface area is 108 Å². The Morgan fingerprint density at radius 3 is 2.06 bits per heavy atom. The van der Waals surface area contributed by atoms with E-state index in [0.29, 0.717) is 12.5 Å². The number of carbonyl (C=O) groups excluding carboxylic acids is 1. The van der Waals surface area contributed by atoms with Gasteiger partial charge in [-0.05, 0) is 18.3 Å². The number of aliphatic carboxylic acids is 1. The summed E-state index contributed by atoms with van der Waals surface area (Å²) in [6, 6.07) is -1.89. The lowest BCUT2D eigenvalue weighted by Crippen LogP contribution is -2.52. The van der Waals surface area contributed by atoms with Gasteiger partial charge in [0.1, 0.15) is 0 Å². The fraction of sp³-hybridized carbons (Fsp3) is 0.833. The van der Waals surface area contributed by atoms with Crippen molar-refractivity contribution in [3.8, 4) is 0 Å². The molecule has 0 saturated carbocycles. The highest BCUT2D eigenvalue weighted by atomic mass is 16.4. The van der Waals surface area contributed by atoms with E-state index < -0.39 is 24.1 Å². The fourth-order valence-corrected chi connectivity index (χ4v) is 1.09. The van der Waals surface area contributed by atoms with Crippen molar-refractivity contribution in [1.29, 1.82) is 0 Å². The van der Waals surface area contributed by atoms with Crippen molar-refractivity contribution in [3.05, 3.63) is 0 Å². The highest BCUT2D eigenvalue weighted by molar-refractivity contribution is 5.82. The van der Waals surface area contributed by atoms with Crippen molar-refractivity contribution in [3.63, 3.8) is 0 Å². The van der Waals surface area contributed by atoms with Gasteiger partial charge in [0.15, 0.2) is 6.04 Å². The number of hydrogen-bond acceptors (Lipinski definition) is 3. The van der Waals surface area contributed by atoms with Crippen LogP contribution in [0.4, 0.5) is 4.79 Å². The van der Waals surface area contributed by atoms with Gasteiger partial charge in [-0.25, -0.2) is 9.59 Å². The first kappa shape index (κ1) is 16.7. The summed E-state index contributed by atoms with van der Waals surface area (Å²) in [6.07, 6.45) is -1.15. The van der Waals surface area contributed by atoms with Gasteiger partial charge in [-0.2, -0.15) is 0 Å². The fourth-order valence-electron chi connectivity index (χ4n) is 1.09. The minimum atomic E-state index is -1.30. The van der Waals surface area contributed by atoms with E-state index in [1.807, 2.05) is 13.8 Å². The van der Waals surface area contributed by atoms with Crippen molar-refractivity contribution < 1.29 is 19.8 Å². The predicted octanol–water partition coefficient (Wildman–Crippen LogP) is 0.802. The molecule has 0 aliphatic rings. The molecule has 6 heteroatoms. The number of carbonyl (C=O) groups is 2. The lowest BCUT2D eigenvalue weighted by molar-refractivity contribution is -0.141. The highest BCUT2D eigenvalue weighted by Crippen LogP contribution is 2.24. The first-order chi connectivity index (χ1) is 8.08. The molecule has 0 heterocycles. The van der Waals surface area contributed by atoms with E-state index in [4.69, 9.17) is 5.11 Å². The zero-order chi connectivity index (χ0) is 14.5. The molecule has 2 amide bonds. The monoisotopic (exact) mass is 260 g/mol. The van der Waals surface area contributed by atoms with Gasteiger partial charge in [0.2, 0.25) is 0 Å². The van der Waals surface area contributed by atoms with E-state index in [0.717, 1.165) is 0 Å². The summed E-state index contributed by atoms with van der Waals surface area (Å²) in [5, 5.41) is 22.9. The molecule has 106 valence electrons. The Balaban J connectivity index is 4.31. The molecule has 0 saturated heterocycles. The van der Waals surface area contributed by atoms with Crippen LogP contribution in [0, 0.1) is 11.3 Å². The highest BCUT2D eigenvalue weighted by Gasteiger charge is 2.27. The van der Waals surface area contributed by atoms with Gasteiger partial charge >= 0.3 is 12.0 Å². The first-order valence-electron chi connectivity index (χ1n) is 6.03. The lowest BCUT2D eigenvalue weighted by Gasteiger charge is -2.29. The Kier molecular flexibility index (Phi) is 6.11. The molecule has 0 aromatic heterocycles. The SMILES string of the molecule is CC(O)C(NC(=O)NCC(C)(C)C(C)C)C(=O)O. The number of carboxylic acid groups (broad SMARTS) is 1. The van der Waals surface area contributed by atoms with Crippen LogP contribution in [0.3, 0.4) is 0 Å². The van der Waals surface area contributed by atoms with Crippen LogP contribution in [0.2, 0.25) is 0 Å². The smallest absolute Gasteiger partial charge is 0.328 e. The second kappa shape index (κ2) is 6.58. The van der Waals surface area contributed by atoms with E-state index >= 15 is 0 Å². The van der Waals surface area contributed by atoms with E-state index in [1.165, 1.54) is 6.92 Å². The Bertz CT molecular complexity index is 300. The maximum Gasteiger partial charge on any atom is 0.328 e. The molecule has 2 unspecified atom stereocenters. The number of nitrogens with one attached hydrogen (secondary N) is 2. The summed E-state index contributed by atoms with van der Waals surface area (Å²) in [5.74, 6) is -0.881. The zero-order valence-electron chi connectivity index (χ0n) is 11.7. The molecule has 2 atom stereocenters. The van der Waals surface area contributed by atoms with E-state index in [-0.39, 0.29) is 5.41 Å². The van der Waals surface area contributed by atoms with Crippen molar-refractivity contribution in [2.75, 3.05) is 6.54 Å². The Morgan fingerprint density at radius 2 is 1.72 bits per heavy atom. The number of hydrogen-bond donors (Lipinski definition) is 4. The minimum absolute atomic E-state index is 0.0824. The van der Waals surface area contributed by atoms with Crippen LogP contribution in [0.1, 0.15) is 34.6 Å². The zero-order valence-corrected chi connectivity index (χ0v) is 11.7. The van der Waals surface area contributed by atoms with Crippen molar-refractivity contribution in [2.45, 2.75) is 46.8 Å².